The number of benzene rings is 1. The zero-order chi connectivity index (χ0) is 12.4. The second-order valence-electron chi connectivity index (χ2n) is 4.01. The lowest BCUT2D eigenvalue weighted by atomic mass is 10.2. The summed E-state index contributed by atoms with van der Waals surface area (Å²) in [6, 6.07) is 7.46. The second kappa shape index (κ2) is 4.72. The number of nitrogens with zero attached hydrogens (tertiary/aromatic N) is 2. The van der Waals surface area contributed by atoms with E-state index in [0.29, 0.717) is 11.6 Å². The molecule has 17 heavy (non-hydrogen) atoms. The fourth-order valence-electron chi connectivity index (χ4n) is 1.57. The number of aromatic nitrogens is 2. The molecule has 0 N–H and O–H groups in total. The van der Waals surface area contributed by atoms with E-state index in [0.717, 1.165) is 16.7 Å². The van der Waals surface area contributed by atoms with Crippen LogP contribution in [0.3, 0.4) is 0 Å². The highest BCUT2D eigenvalue weighted by atomic mass is 35.5. The third kappa shape index (κ3) is 2.39. The Morgan fingerprint density at radius 3 is 2.71 bits per heavy atom. The van der Waals surface area contributed by atoms with Crippen molar-refractivity contribution in [3.05, 3.63) is 62.5 Å². The van der Waals surface area contributed by atoms with Crippen molar-refractivity contribution < 1.29 is 0 Å². The maximum atomic E-state index is 12.0. The monoisotopic (exact) mass is 248 g/mol. The Labute approximate surface area is 105 Å². The van der Waals surface area contributed by atoms with Crippen molar-refractivity contribution >= 4 is 11.6 Å². The molecule has 4 heteroatoms. The molecule has 0 amide bonds. The molecule has 1 aromatic carbocycles. The van der Waals surface area contributed by atoms with Gasteiger partial charge in [-0.05, 0) is 31.0 Å². The Bertz CT molecular complexity index is 605. The standard InChI is InChI=1S/C13H13ClN2O/c1-9-7-15-16(13(17)10(9)2)8-11-5-3-4-6-12(11)14/h3-7H,8H2,1-2H3. The predicted molar refractivity (Wildman–Crippen MR) is 68.5 cm³/mol. The SMILES string of the molecule is Cc1cnn(Cc2ccccc2Cl)c(=O)c1C. The van der Waals surface area contributed by atoms with Crippen molar-refractivity contribution in [2.75, 3.05) is 0 Å². The lowest BCUT2D eigenvalue weighted by Crippen LogP contribution is -2.26. The molecule has 0 spiro atoms. The summed E-state index contributed by atoms with van der Waals surface area (Å²) in [6.07, 6.45) is 1.70. The summed E-state index contributed by atoms with van der Waals surface area (Å²) < 4.78 is 1.43. The van der Waals surface area contributed by atoms with Gasteiger partial charge in [0, 0.05) is 10.6 Å². The van der Waals surface area contributed by atoms with Crippen LogP contribution in [0.1, 0.15) is 16.7 Å². The van der Waals surface area contributed by atoms with E-state index < -0.39 is 0 Å². The van der Waals surface area contributed by atoms with Gasteiger partial charge in [0.1, 0.15) is 0 Å². The minimum atomic E-state index is -0.0649. The highest BCUT2D eigenvalue weighted by molar-refractivity contribution is 6.31. The van der Waals surface area contributed by atoms with Gasteiger partial charge in [-0.25, -0.2) is 4.68 Å². The van der Waals surface area contributed by atoms with E-state index in [1.165, 1.54) is 4.68 Å². The van der Waals surface area contributed by atoms with E-state index in [9.17, 15) is 4.79 Å². The van der Waals surface area contributed by atoms with Crippen LogP contribution >= 0.6 is 11.6 Å². The summed E-state index contributed by atoms with van der Waals surface area (Å²) in [6.45, 7) is 4.09. The van der Waals surface area contributed by atoms with Crippen LogP contribution in [0.15, 0.2) is 35.3 Å². The van der Waals surface area contributed by atoms with Gasteiger partial charge in [0.2, 0.25) is 0 Å². The van der Waals surface area contributed by atoms with Crippen molar-refractivity contribution in [1.29, 1.82) is 0 Å². The van der Waals surface area contributed by atoms with Crippen LogP contribution < -0.4 is 5.56 Å². The minimum absolute atomic E-state index is 0.0649. The van der Waals surface area contributed by atoms with Crippen LogP contribution in [-0.2, 0) is 6.54 Å². The average molecular weight is 249 g/mol. The molecule has 0 atom stereocenters. The quantitative estimate of drug-likeness (QED) is 0.819. The van der Waals surface area contributed by atoms with Crippen molar-refractivity contribution in [1.82, 2.24) is 9.78 Å². The maximum absolute atomic E-state index is 12.0. The minimum Gasteiger partial charge on any atom is -0.267 e. The van der Waals surface area contributed by atoms with Gasteiger partial charge in [-0.3, -0.25) is 4.79 Å². The Kier molecular flexibility index (Phi) is 3.29. The molecular weight excluding hydrogens is 236 g/mol. The lowest BCUT2D eigenvalue weighted by molar-refractivity contribution is 0.630. The number of rotatable bonds is 2. The first-order valence-electron chi connectivity index (χ1n) is 5.36. The van der Waals surface area contributed by atoms with Crippen molar-refractivity contribution in [2.45, 2.75) is 20.4 Å². The molecule has 0 aliphatic rings. The second-order valence-corrected chi connectivity index (χ2v) is 4.41. The molecule has 0 fully saturated rings. The average Bonchev–Trinajstić information content (AvgIpc) is 2.32. The van der Waals surface area contributed by atoms with E-state index in [1.807, 2.05) is 38.1 Å². The first-order chi connectivity index (χ1) is 8.09. The van der Waals surface area contributed by atoms with Crippen molar-refractivity contribution in [2.24, 2.45) is 0 Å². The zero-order valence-corrected chi connectivity index (χ0v) is 10.5. The summed E-state index contributed by atoms with van der Waals surface area (Å²) in [5, 5.41) is 4.77. The van der Waals surface area contributed by atoms with Crippen LogP contribution in [0.5, 0.6) is 0 Å². The molecule has 0 saturated heterocycles. The third-order valence-corrected chi connectivity index (χ3v) is 3.18. The topological polar surface area (TPSA) is 34.9 Å². The lowest BCUT2D eigenvalue weighted by Gasteiger charge is -2.08. The molecule has 0 aliphatic carbocycles. The summed E-state index contributed by atoms with van der Waals surface area (Å²) in [5.74, 6) is 0. The first kappa shape index (κ1) is 11.9. The van der Waals surface area contributed by atoms with Gasteiger partial charge in [0.05, 0.1) is 12.7 Å². The van der Waals surface area contributed by atoms with Crippen LogP contribution in [-0.4, -0.2) is 9.78 Å². The van der Waals surface area contributed by atoms with Crippen molar-refractivity contribution in [3.8, 4) is 0 Å². The summed E-state index contributed by atoms with van der Waals surface area (Å²) >= 11 is 6.05. The van der Waals surface area contributed by atoms with E-state index in [-0.39, 0.29) is 5.56 Å². The van der Waals surface area contributed by atoms with Gasteiger partial charge in [0.25, 0.3) is 5.56 Å². The Morgan fingerprint density at radius 1 is 1.29 bits per heavy atom. The smallest absolute Gasteiger partial charge is 0.267 e. The highest BCUT2D eigenvalue weighted by Crippen LogP contribution is 2.15. The molecule has 0 bridgehead atoms. The Hall–Kier alpha value is -1.61. The summed E-state index contributed by atoms with van der Waals surface area (Å²) in [7, 11) is 0. The van der Waals surface area contributed by atoms with Gasteiger partial charge < -0.3 is 0 Å². The van der Waals surface area contributed by atoms with Crippen molar-refractivity contribution in [3.63, 3.8) is 0 Å². The van der Waals surface area contributed by atoms with Crippen LogP contribution in [0, 0.1) is 13.8 Å². The number of hydrogen-bond acceptors (Lipinski definition) is 2. The molecular formula is C13H13ClN2O. The first-order valence-corrected chi connectivity index (χ1v) is 5.74. The van der Waals surface area contributed by atoms with E-state index in [2.05, 4.69) is 5.10 Å². The molecule has 1 aromatic heterocycles. The van der Waals surface area contributed by atoms with Gasteiger partial charge in [-0.1, -0.05) is 29.8 Å². The van der Waals surface area contributed by atoms with E-state index in [4.69, 9.17) is 11.6 Å². The Morgan fingerprint density at radius 2 is 2.00 bits per heavy atom. The number of hydrogen-bond donors (Lipinski definition) is 0. The summed E-state index contributed by atoms with van der Waals surface area (Å²) in [5.41, 5.74) is 2.47. The van der Waals surface area contributed by atoms with Gasteiger partial charge in [-0.2, -0.15) is 5.10 Å². The molecule has 2 rings (SSSR count). The maximum Gasteiger partial charge on any atom is 0.270 e. The normalized spacial score (nSPS) is 10.5. The largest absolute Gasteiger partial charge is 0.270 e. The zero-order valence-electron chi connectivity index (χ0n) is 9.77. The molecule has 0 saturated carbocycles. The molecule has 2 aromatic rings. The number of aryl methyl sites for hydroxylation is 1. The summed E-state index contributed by atoms with van der Waals surface area (Å²) in [4.78, 5) is 12.0. The Balaban J connectivity index is 2.41. The fraction of sp³-hybridized carbons (Fsp3) is 0.231. The molecule has 0 radical (unpaired) electrons. The molecule has 1 heterocycles. The van der Waals surface area contributed by atoms with Crippen LogP contribution in [0.4, 0.5) is 0 Å². The fourth-order valence-corrected chi connectivity index (χ4v) is 1.76. The van der Waals surface area contributed by atoms with Gasteiger partial charge in [0.15, 0.2) is 0 Å². The molecule has 0 aliphatic heterocycles. The molecule has 3 nitrogen and oxygen atoms in total. The van der Waals surface area contributed by atoms with E-state index in [1.54, 1.807) is 6.20 Å². The number of halogens is 1. The van der Waals surface area contributed by atoms with Gasteiger partial charge in [-0.15, -0.1) is 0 Å². The third-order valence-electron chi connectivity index (χ3n) is 2.82. The van der Waals surface area contributed by atoms with Crippen LogP contribution in [0.2, 0.25) is 5.02 Å². The van der Waals surface area contributed by atoms with E-state index >= 15 is 0 Å². The van der Waals surface area contributed by atoms with Crippen LogP contribution in [0.25, 0.3) is 0 Å². The highest BCUT2D eigenvalue weighted by Gasteiger charge is 2.06. The molecule has 0 unspecified atom stereocenters. The van der Waals surface area contributed by atoms with Gasteiger partial charge >= 0.3 is 0 Å². The predicted octanol–water partition coefficient (Wildman–Crippen LogP) is 2.56. The molecule has 88 valence electrons.